The van der Waals surface area contributed by atoms with Gasteiger partial charge in [0.1, 0.15) is 12.1 Å². The molecule has 2 aromatic rings. The fourth-order valence-corrected chi connectivity index (χ4v) is 3.16. The van der Waals surface area contributed by atoms with Crippen molar-refractivity contribution in [2.24, 2.45) is 0 Å². The number of aryl methyl sites for hydroxylation is 1. The standard InChI is InChI=1S/C20H20ClN3O3/c1-3-13-5-4-6-16(11-13)22-17(25)12-24-18(26)20(2,23-19(24)27)14-7-9-15(21)10-8-14/h4-11H,3,12H2,1-2H3,(H,22,25)(H,23,27)/t20-/m0/s1. The molecule has 0 saturated carbocycles. The molecule has 0 bridgehead atoms. The number of carbonyl (C=O) groups is 3. The summed E-state index contributed by atoms with van der Waals surface area (Å²) in [6, 6.07) is 13.5. The first kappa shape index (κ1) is 18.9. The maximum Gasteiger partial charge on any atom is 0.325 e. The smallest absolute Gasteiger partial charge is 0.325 e. The molecule has 140 valence electrons. The number of benzene rings is 2. The molecule has 7 heteroatoms. The largest absolute Gasteiger partial charge is 0.325 e. The second-order valence-electron chi connectivity index (χ2n) is 6.56. The molecule has 1 fully saturated rings. The lowest BCUT2D eigenvalue weighted by molar-refractivity contribution is -0.133. The van der Waals surface area contributed by atoms with E-state index >= 15 is 0 Å². The van der Waals surface area contributed by atoms with Gasteiger partial charge in [-0.3, -0.25) is 14.5 Å². The van der Waals surface area contributed by atoms with E-state index in [2.05, 4.69) is 10.6 Å². The third-order valence-electron chi connectivity index (χ3n) is 4.62. The molecule has 2 N–H and O–H groups in total. The number of rotatable bonds is 5. The predicted octanol–water partition coefficient (Wildman–Crippen LogP) is 3.31. The number of amides is 4. The van der Waals surface area contributed by atoms with Crippen LogP contribution in [-0.2, 0) is 21.5 Å². The van der Waals surface area contributed by atoms with Gasteiger partial charge in [-0.25, -0.2) is 4.79 Å². The van der Waals surface area contributed by atoms with Crippen molar-refractivity contribution in [3.05, 3.63) is 64.7 Å². The molecule has 0 unspecified atom stereocenters. The zero-order valence-corrected chi connectivity index (χ0v) is 15.8. The number of anilines is 1. The van der Waals surface area contributed by atoms with E-state index in [1.54, 1.807) is 37.3 Å². The summed E-state index contributed by atoms with van der Waals surface area (Å²) in [5.41, 5.74) is 1.08. The first-order valence-electron chi connectivity index (χ1n) is 8.62. The molecule has 0 spiro atoms. The van der Waals surface area contributed by atoms with Crippen molar-refractivity contribution in [2.75, 3.05) is 11.9 Å². The van der Waals surface area contributed by atoms with Crippen LogP contribution in [0.4, 0.5) is 10.5 Å². The van der Waals surface area contributed by atoms with Gasteiger partial charge in [-0.2, -0.15) is 0 Å². The molecule has 4 amide bonds. The van der Waals surface area contributed by atoms with Crippen LogP contribution < -0.4 is 10.6 Å². The highest BCUT2D eigenvalue weighted by atomic mass is 35.5. The summed E-state index contributed by atoms with van der Waals surface area (Å²) in [5, 5.41) is 5.93. The Hall–Kier alpha value is -2.86. The Labute approximate surface area is 162 Å². The van der Waals surface area contributed by atoms with Crippen LogP contribution in [0.15, 0.2) is 48.5 Å². The molecule has 6 nitrogen and oxygen atoms in total. The highest BCUT2D eigenvalue weighted by molar-refractivity contribution is 6.30. The molecule has 1 aliphatic rings. The Morgan fingerprint density at radius 1 is 1.19 bits per heavy atom. The molecule has 2 aromatic carbocycles. The van der Waals surface area contributed by atoms with Gasteiger partial charge in [0.15, 0.2) is 0 Å². The fraction of sp³-hybridized carbons (Fsp3) is 0.250. The number of hydrogen-bond donors (Lipinski definition) is 2. The molecule has 1 saturated heterocycles. The number of halogens is 1. The van der Waals surface area contributed by atoms with Gasteiger partial charge in [0.25, 0.3) is 5.91 Å². The van der Waals surface area contributed by atoms with E-state index in [1.807, 2.05) is 25.1 Å². The van der Waals surface area contributed by atoms with Crippen LogP contribution >= 0.6 is 11.6 Å². The maximum atomic E-state index is 12.8. The number of imide groups is 1. The van der Waals surface area contributed by atoms with E-state index in [4.69, 9.17) is 11.6 Å². The van der Waals surface area contributed by atoms with Crippen LogP contribution in [-0.4, -0.2) is 29.3 Å². The Morgan fingerprint density at radius 3 is 2.56 bits per heavy atom. The van der Waals surface area contributed by atoms with Crippen LogP contribution in [0.3, 0.4) is 0 Å². The van der Waals surface area contributed by atoms with Crippen LogP contribution in [0.2, 0.25) is 5.02 Å². The lowest BCUT2D eigenvalue weighted by atomic mass is 9.92. The topological polar surface area (TPSA) is 78.5 Å². The molecule has 27 heavy (non-hydrogen) atoms. The summed E-state index contributed by atoms with van der Waals surface area (Å²) < 4.78 is 0. The summed E-state index contributed by atoms with van der Waals surface area (Å²) in [5.74, 6) is -0.917. The molecule has 0 radical (unpaired) electrons. The highest BCUT2D eigenvalue weighted by Gasteiger charge is 2.49. The number of carbonyl (C=O) groups excluding carboxylic acids is 3. The van der Waals surface area contributed by atoms with Crippen LogP contribution in [0.5, 0.6) is 0 Å². The van der Waals surface area contributed by atoms with Crippen molar-refractivity contribution < 1.29 is 14.4 Å². The van der Waals surface area contributed by atoms with Crippen molar-refractivity contribution in [3.8, 4) is 0 Å². The molecule has 0 aromatic heterocycles. The van der Waals surface area contributed by atoms with Gasteiger partial charge in [-0.15, -0.1) is 0 Å². The van der Waals surface area contributed by atoms with Crippen LogP contribution in [0.25, 0.3) is 0 Å². The second kappa shape index (κ2) is 7.40. The van der Waals surface area contributed by atoms with Crippen molar-refractivity contribution in [3.63, 3.8) is 0 Å². The van der Waals surface area contributed by atoms with E-state index in [0.29, 0.717) is 16.3 Å². The summed E-state index contributed by atoms with van der Waals surface area (Å²) in [6.45, 7) is 3.27. The van der Waals surface area contributed by atoms with Gasteiger partial charge in [0.05, 0.1) is 0 Å². The minimum Gasteiger partial charge on any atom is -0.325 e. The minimum absolute atomic E-state index is 0.357. The van der Waals surface area contributed by atoms with Crippen LogP contribution in [0.1, 0.15) is 25.0 Å². The average molecular weight is 386 g/mol. The summed E-state index contributed by atoms with van der Waals surface area (Å²) in [4.78, 5) is 38.4. The lowest BCUT2D eigenvalue weighted by Crippen LogP contribution is -2.42. The number of hydrogen-bond acceptors (Lipinski definition) is 3. The summed E-state index contributed by atoms with van der Waals surface area (Å²) in [6.07, 6.45) is 0.843. The zero-order valence-electron chi connectivity index (χ0n) is 15.1. The van der Waals surface area contributed by atoms with E-state index in [9.17, 15) is 14.4 Å². The van der Waals surface area contributed by atoms with E-state index < -0.39 is 23.4 Å². The minimum atomic E-state index is -1.23. The zero-order chi connectivity index (χ0) is 19.6. The van der Waals surface area contributed by atoms with Gasteiger partial charge >= 0.3 is 6.03 Å². The van der Waals surface area contributed by atoms with Crippen molar-refractivity contribution >= 4 is 35.1 Å². The van der Waals surface area contributed by atoms with Gasteiger partial charge in [-0.1, -0.05) is 42.8 Å². The monoisotopic (exact) mass is 385 g/mol. The Bertz CT molecular complexity index is 898. The van der Waals surface area contributed by atoms with Gasteiger partial charge < -0.3 is 10.6 Å². The van der Waals surface area contributed by atoms with Crippen molar-refractivity contribution in [2.45, 2.75) is 25.8 Å². The first-order chi connectivity index (χ1) is 12.8. The number of urea groups is 1. The first-order valence-corrected chi connectivity index (χ1v) is 9.00. The molecule has 1 atom stereocenters. The van der Waals surface area contributed by atoms with E-state index in [-0.39, 0.29) is 6.54 Å². The summed E-state index contributed by atoms with van der Waals surface area (Å²) in [7, 11) is 0. The summed E-state index contributed by atoms with van der Waals surface area (Å²) >= 11 is 5.89. The fourth-order valence-electron chi connectivity index (χ4n) is 3.03. The van der Waals surface area contributed by atoms with Crippen LogP contribution in [0, 0.1) is 0 Å². The SMILES string of the molecule is CCc1cccc(NC(=O)CN2C(=O)N[C@@](C)(c3ccc(Cl)cc3)C2=O)c1. The van der Waals surface area contributed by atoms with Gasteiger partial charge in [0, 0.05) is 10.7 Å². The number of nitrogens with zero attached hydrogens (tertiary/aromatic N) is 1. The molecule has 0 aliphatic carbocycles. The van der Waals surface area contributed by atoms with E-state index in [1.165, 1.54) is 0 Å². The normalized spacial score (nSPS) is 19.1. The number of nitrogens with one attached hydrogen (secondary N) is 2. The third-order valence-corrected chi connectivity index (χ3v) is 4.87. The Morgan fingerprint density at radius 2 is 1.89 bits per heavy atom. The van der Waals surface area contributed by atoms with Crippen molar-refractivity contribution in [1.82, 2.24) is 10.2 Å². The van der Waals surface area contributed by atoms with Gasteiger partial charge in [-0.05, 0) is 48.7 Å². The Kier molecular flexibility index (Phi) is 5.19. The average Bonchev–Trinajstić information content (AvgIpc) is 2.86. The lowest BCUT2D eigenvalue weighted by Gasteiger charge is -2.22. The van der Waals surface area contributed by atoms with Gasteiger partial charge in [0.2, 0.25) is 5.91 Å². The highest BCUT2D eigenvalue weighted by Crippen LogP contribution is 2.29. The third kappa shape index (κ3) is 3.80. The molecule has 1 heterocycles. The van der Waals surface area contributed by atoms with Crippen molar-refractivity contribution in [1.29, 1.82) is 0 Å². The molecule has 3 rings (SSSR count). The molecular formula is C20H20ClN3O3. The quantitative estimate of drug-likeness (QED) is 0.775. The van der Waals surface area contributed by atoms with E-state index in [0.717, 1.165) is 16.9 Å². The second-order valence-corrected chi connectivity index (χ2v) is 6.99. The maximum absolute atomic E-state index is 12.8. The molecule has 1 aliphatic heterocycles. The Balaban J connectivity index is 1.73. The predicted molar refractivity (Wildman–Crippen MR) is 103 cm³/mol. The molecular weight excluding hydrogens is 366 g/mol.